The SMILES string of the molecule is CNC(=O)NC(=O)C(C)N1CC(N)C1. The first-order valence-electron chi connectivity index (χ1n) is 4.56. The number of hydrogen-bond donors (Lipinski definition) is 3. The molecular weight excluding hydrogens is 184 g/mol. The number of carbonyl (C=O) groups excluding carboxylic acids is 2. The highest BCUT2D eigenvalue weighted by molar-refractivity contribution is 5.96. The molecule has 1 aliphatic heterocycles. The van der Waals surface area contributed by atoms with Gasteiger partial charge < -0.3 is 11.1 Å². The Bertz CT molecular complexity index is 237. The van der Waals surface area contributed by atoms with Gasteiger partial charge in [0.1, 0.15) is 0 Å². The number of urea groups is 1. The number of hydrogen-bond acceptors (Lipinski definition) is 4. The van der Waals surface area contributed by atoms with Crippen LogP contribution in [0.25, 0.3) is 0 Å². The Labute approximate surface area is 82.8 Å². The molecule has 0 saturated carbocycles. The minimum absolute atomic E-state index is 0.158. The molecule has 1 rings (SSSR count). The van der Waals surface area contributed by atoms with E-state index in [0.717, 1.165) is 0 Å². The monoisotopic (exact) mass is 200 g/mol. The molecule has 0 aromatic heterocycles. The third kappa shape index (κ3) is 2.43. The molecule has 1 aliphatic rings. The first kappa shape index (κ1) is 10.9. The summed E-state index contributed by atoms with van der Waals surface area (Å²) in [5.74, 6) is -0.295. The Hall–Kier alpha value is -1.14. The van der Waals surface area contributed by atoms with Crippen LogP contribution in [0.15, 0.2) is 0 Å². The number of nitrogens with two attached hydrogens (primary N) is 1. The quantitative estimate of drug-likeness (QED) is 0.505. The minimum atomic E-state index is -0.480. The van der Waals surface area contributed by atoms with Gasteiger partial charge in [-0.05, 0) is 6.92 Å². The zero-order valence-electron chi connectivity index (χ0n) is 8.41. The van der Waals surface area contributed by atoms with Crippen LogP contribution in [0, 0.1) is 0 Å². The molecule has 1 saturated heterocycles. The van der Waals surface area contributed by atoms with Gasteiger partial charge in [-0.15, -0.1) is 0 Å². The van der Waals surface area contributed by atoms with Crippen LogP contribution < -0.4 is 16.4 Å². The van der Waals surface area contributed by atoms with Crippen molar-refractivity contribution < 1.29 is 9.59 Å². The van der Waals surface area contributed by atoms with Gasteiger partial charge in [-0.25, -0.2) is 4.79 Å². The van der Waals surface area contributed by atoms with Gasteiger partial charge in [0.2, 0.25) is 5.91 Å². The summed E-state index contributed by atoms with van der Waals surface area (Å²) in [5, 5.41) is 4.54. The van der Waals surface area contributed by atoms with Crippen molar-refractivity contribution in [3.63, 3.8) is 0 Å². The van der Waals surface area contributed by atoms with E-state index in [1.165, 1.54) is 7.05 Å². The molecule has 0 aromatic carbocycles. The van der Waals surface area contributed by atoms with Crippen molar-refractivity contribution in [1.82, 2.24) is 15.5 Å². The van der Waals surface area contributed by atoms with Gasteiger partial charge in [-0.1, -0.05) is 0 Å². The van der Waals surface area contributed by atoms with E-state index in [9.17, 15) is 9.59 Å². The molecule has 0 bridgehead atoms. The summed E-state index contributed by atoms with van der Waals surface area (Å²) in [6, 6.07) is -0.621. The summed E-state index contributed by atoms with van der Waals surface area (Å²) < 4.78 is 0. The fourth-order valence-corrected chi connectivity index (χ4v) is 1.31. The maximum Gasteiger partial charge on any atom is 0.321 e. The lowest BCUT2D eigenvalue weighted by atomic mass is 10.1. The number of imide groups is 1. The summed E-state index contributed by atoms with van der Waals surface area (Å²) in [7, 11) is 1.47. The van der Waals surface area contributed by atoms with Gasteiger partial charge in [-0.3, -0.25) is 15.0 Å². The topological polar surface area (TPSA) is 87.5 Å². The van der Waals surface area contributed by atoms with Gasteiger partial charge >= 0.3 is 6.03 Å². The van der Waals surface area contributed by atoms with Crippen LogP contribution in [-0.2, 0) is 4.79 Å². The van der Waals surface area contributed by atoms with E-state index in [2.05, 4.69) is 10.6 Å². The van der Waals surface area contributed by atoms with Crippen LogP contribution >= 0.6 is 0 Å². The Morgan fingerprint density at radius 3 is 2.50 bits per heavy atom. The molecule has 6 nitrogen and oxygen atoms in total. The van der Waals surface area contributed by atoms with Crippen molar-refractivity contribution in [1.29, 1.82) is 0 Å². The van der Waals surface area contributed by atoms with Crippen LogP contribution in [0.2, 0.25) is 0 Å². The highest BCUT2D eigenvalue weighted by atomic mass is 16.2. The molecule has 80 valence electrons. The van der Waals surface area contributed by atoms with Crippen LogP contribution in [0.4, 0.5) is 4.79 Å². The molecule has 6 heteroatoms. The summed E-state index contributed by atoms with van der Waals surface area (Å²) in [6.07, 6.45) is 0. The predicted molar refractivity (Wildman–Crippen MR) is 51.6 cm³/mol. The summed E-state index contributed by atoms with van der Waals surface area (Å²) in [6.45, 7) is 3.18. The second-order valence-electron chi connectivity index (χ2n) is 3.46. The van der Waals surface area contributed by atoms with Crippen molar-refractivity contribution in [2.45, 2.75) is 19.0 Å². The van der Waals surface area contributed by atoms with E-state index < -0.39 is 6.03 Å². The summed E-state index contributed by atoms with van der Waals surface area (Å²) in [5.41, 5.74) is 5.58. The van der Waals surface area contributed by atoms with E-state index >= 15 is 0 Å². The number of carbonyl (C=O) groups is 2. The maximum atomic E-state index is 11.4. The van der Waals surface area contributed by atoms with Crippen LogP contribution in [0.3, 0.4) is 0 Å². The van der Waals surface area contributed by atoms with Crippen molar-refractivity contribution in [2.24, 2.45) is 5.73 Å². The molecule has 0 radical (unpaired) electrons. The average molecular weight is 200 g/mol. The van der Waals surface area contributed by atoms with E-state index in [1.807, 2.05) is 4.90 Å². The average Bonchev–Trinajstić information content (AvgIpc) is 2.11. The summed E-state index contributed by atoms with van der Waals surface area (Å²) in [4.78, 5) is 24.2. The molecule has 14 heavy (non-hydrogen) atoms. The fraction of sp³-hybridized carbons (Fsp3) is 0.750. The Balaban J connectivity index is 2.33. The number of nitrogens with one attached hydrogen (secondary N) is 2. The van der Waals surface area contributed by atoms with Crippen LogP contribution in [-0.4, -0.2) is 49.1 Å². The zero-order valence-corrected chi connectivity index (χ0v) is 8.41. The summed E-state index contributed by atoms with van der Waals surface area (Å²) >= 11 is 0. The smallest absolute Gasteiger partial charge is 0.321 e. The highest BCUT2D eigenvalue weighted by Crippen LogP contribution is 2.09. The Morgan fingerprint density at radius 1 is 1.50 bits per heavy atom. The third-order valence-electron chi connectivity index (χ3n) is 2.33. The molecule has 4 N–H and O–H groups in total. The van der Waals surface area contributed by atoms with E-state index in [1.54, 1.807) is 6.92 Å². The predicted octanol–water partition coefficient (Wildman–Crippen LogP) is -1.53. The Morgan fingerprint density at radius 2 is 2.07 bits per heavy atom. The first-order valence-corrected chi connectivity index (χ1v) is 4.56. The lowest BCUT2D eigenvalue weighted by molar-refractivity contribution is -0.126. The molecule has 1 heterocycles. The highest BCUT2D eigenvalue weighted by Gasteiger charge is 2.31. The molecule has 0 spiro atoms. The molecule has 0 aromatic rings. The first-order chi connectivity index (χ1) is 6.54. The molecule has 1 atom stereocenters. The van der Waals surface area contributed by atoms with Gasteiger partial charge in [0, 0.05) is 26.2 Å². The second-order valence-corrected chi connectivity index (χ2v) is 3.46. The van der Waals surface area contributed by atoms with Crippen molar-refractivity contribution in [2.75, 3.05) is 20.1 Å². The standard InChI is InChI=1S/C8H16N4O2/c1-5(12-3-6(9)4-12)7(13)11-8(14)10-2/h5-6H,3-4,9H2,1-2H3,(H2,10,11,13,14). The van der Waals surface area contributed by atoms with E-state index in [4.69, 9.17) is 5.73 Å². The van der Waals surface area contributed by atoms with E-state index in [0.29, 0.717) is 13.1 Å². The lowest BCUT2D eigenvalue weighted by Crippen LogP contribution is -2.62. The minimum Gasteiger partial charge on any atom is -0.341 e. The zero-order chi connectivity index (χ0) is 10.7. The van der Waals surface area contributed by atoms with Gasteiger partial charge in [0.15, 0.2) is 0 Å². The van der Waals surface area contributed by atoms with Crippen molar-refractivity contribution in [3.8, 4) is 0 Å². The largest absolute Gasteiger partial charge is 0.341 e. The van der Waals surface area contributed by atoms with Gasteiger partial charge in [-0.2, -0.15) is 0 Å². The van der Waals surface area contributed by atoms with Crippen molar-refractivity contribution in [3.05, 3.63) is 0 Å². The molecule has 1 fully saturated rings. The number of nitrogens with zero attached hydrogens (tertiary/aromatic N) is 1. The van der Waals surface area contributed by atoms with Gasteiger partial charge in [0.25, 0.3) is 0 Å². The molecule has 3 amide bonds. The molecule has 1 unspecified atom stereocenters. The lowest BCUT2D eigenvalue weighted by Gasteiger charge is -2.40. The number of likely N-dealkylation sites (tertiary alicyclic amines) is 1. The fourth-order valence-electron chi connectivity index (χ4n) is 1.31. The van der Waals surface area contributed by atoms with Crippen LogP contribution in [0.1, 0.15) is 6.92 Å². The van der Waals surface area contributed by atoms with E-state index in [-0.39, 0.29) is 18.0 Å². The second kappa shape index (κ2) is 4.39. The Kier molecular flexibility index (Phi) is 3.43. The third-order valence-corrected chi connectivity index (χ3v) is 2.33. The van der Waals surface area contributed by atoms with Gasteiger partial charge in [0.05, 0.1) is 6.04 Å². The molecular formula is C8H16N4O2. The normalized spacial score (nSPS) is 19.6. The number of rotatable bonds is 2. The maximum absolute atomic E-state index is 11.4. The molecule has 0 aliphatic carbocycles. The van der Waals surface area contributed by atoms with Crippen LogP contribution in [0.5, 0.6) is 0 Å². The number of amides is 3. The van der Waals surface area contributed by atoms with Crippen molar-refractivity contribution >= 4 is 11.9 Å².